The maximum Gasteiger partial charge on any atom is 0.307 e. The molecule has 94 valence electrons. The van der Waals surface area contributed by atoms with Gasteiger partial charge in [-0.05, 0) is 38.6 Å². The van der Waals surface area contributed by atoms with Crippen molar-refractivity contribution in [2.75, 3.05) is 19.7 Å². The van der Waals surface area contributed by atoms with E-state index in [-0.39, 0.29) is 5.97 Å². The number of hydrogen-bond acceptors (Lipinski definition) is 3. The van der Waals surface area contributed by atoms with Crippen LogP contribution in [0.1, 0.15) is 40.5 Å². The largest absolute Gasteiger partial charge is 0.466 e. The van der Waals surface area contributed by atoms with Crippen molar-refractivity contribution < 1.29 is 9.53 Å². The number of nitrogens with zero attached hydrogens (tertiary/aromatic N) is 1. The lowest BCUT2D eigenvalue weighted by Crippen LogP contribution is -2.33. The number of hydrogen-bond donors (Lipinski definition) is 0. The molecule has 0 amide bonds. The van der Waals surface area contributed by atoms with Crippen molar-refractivity contribution in [3.05, 3.63) is 0 Å². The molecule has 3 heteroatoms. The van der Waals surface area contributed by atoms with Gasteiger partial charge in [-0.25, -0.2) is 0 Å². The Balaban J connectivity index is 2.33. The SMILES string of the molecule is CCOC(=O)CC(C)N1CCC(C(C)C)C1. The molecule has 0 aromatic carbocycles. The van der Waals surface area contributed by atoms with E-state index in [0.717, 1.165) is 24.9 Å². The number of esters is 1. The summed E-state index contributed by atoms with van der Waals surface area (Å²) < 4.78 is 4.98. The zero-order chi connectivity index (χ0) is 12.1. The van der Waals surface area contributed by atoms with Crippen LogP contribution in [0.5, 0.6) is 0 Å². The topological polar surface area (TPSA) is 29.5 Å². The fourth-order valence-corrected chi connectivity index (χ4v) is 2.35. The molecule has 2 unspecified atom stereocenters. The van der Waals surface area contributed by atoms with E-state index in [9.17, 15) is 4.79 Å². The lowest BCUT2D eigenvalue weighted by atomic mass is 9.95. The highest BCUT2D eigenvalue weighted by Crippen LogP contribution is 2.25. The fourth-order valence-electron chi connectivity index (χ4n) is 2.35. The molecule has 1 aliphatic heterocycles. The van der Waals surface area contributed by atoms with E-state index in [1.165, 1.54) is 6.42 Å². The summed E-state index contributed by atoms with van der Waals surface area (Å²) in [6.45, 7) is 11.3. The van der Waals surface area contributed by atoms with E-state index in [1.807, 2.05) is 6.92 Å². The highest BCUT2D eigenvalue weighted by Gasteiger charge is 2.28. The third-order valence-corrected chi connectivity index (χ3v) is 3.59. The lowest BCUT2D eigenvalue weighted by Gasteiger charge is -2.24. The van der Waals surface area contributed by atoms with Crippen LogP contribution >= 0.6 is 0 Å². The van der Waals surface area contributed by atoms with E-state index in [1.54, 1.807) is 0 Å². The normalized spacial score (nSPS) is 23.7. The van der Waals surface area contributed by atoms with Gasteiger partial charge >= 0.3 is 5.97 Å². The number of ether oxygens (including phenoxy) is 1. The molecule has 0 saturated carbocycles. The monoisotopic (exact) mass is 227 g/mol. The molecular weight excluding hydrogens is 202 g/mol. The first-order valence-corrected chi connectivity index (χ1v) is 6.44. The zero-order valence-electron chi connectivity index (χ0n) is 11.0. The molecule has 0 aromatic heterocycles. The van der Waals surface area contributed by atoms with Gasteiger partial charge in [0.05, 0.1) is 13.0 Å². The second-order valence-electron chi connectivity index (χ2n) is 5.15. The Morgan fingerprint density at radius 1 is 1.44 bits per heavy atom. The molecule has 0 spiro atoms. The summed E-state index contributed by atoms with van der Waals surface area (Å²) in [4.78, 5) is 13.8. The average molecular weight is 227 g/mol. The Labute approximate surface area is 99.1 Å². The number of carbonyl (C=O) groups is 1. The molecule has 0 aromatic rings. The summed E-state index contributed by atoms with van der Waals surface area (Å²) in [5, 5.41) is 0. The maximum absolute atomic E-state index is 11.4. The van der Waals surface area contributed by atoms with Crippen LogP contribution in [-0.2, 0) is 9.53 Å². The summed E-state index contributed by atoms with van der Waals surface area (Å²) in [5.74, 6) is 1.48. The molecule has 1 aliphatic rings. The molecule has 2 atom stereocenters. The van der Waals surface area contributed by atoms with E-state index in [2.05, 4.69) is 25.7 Å². The smallest absolute Gasteiger partial charge is 0.307 e. The van der Waals surface area contributed by atoms with Crippen LogP contribution < -0.4 is 0 Å². The Bertz CT molecular complexity index is 228. The quantitative estimate of drug-likeness (QED) is 0.675. The standard InChI is InChI=1S/C13H25NO2/c1-5-16-13(15)8-11(4)14-7-6-12(9-14)10(2)3/h10-12H,5-9H2,1-4H3. The predicted molar refractivity (Wildman–Crippen MR) is 65.2 cm³/mol. The van der Waals surface area contributed by atoms with E-state index in [4.69, 9.17) is 4.74 Å². The van der Waals surface area contributed by atoms with Gasteiger partial charge in [0.25, 0.3) is 0 Å². The third-order valence-electron chi connectivity index (χ3n) is 3.59. The highest BCUT2D eigenvalue weighted by molar-refractivity contribution is 5.70. The van der Waals surface area contributed by atoms with Crippen molar-refractivity contribution in [1.82, 2.24) is 4.90 Å². The van der Waals surface area contributed by atoms with Gasteiger partial charge in [0.2, 0.25) is 0 Å². The molecule has 0 radical (unpaired) electrons. The maximum atomic E-state index is 11.4. The first-order chi connectivity index (χ1) is 7.54. The average Bonchev–Trinajstić information content (AvgIpc) is 2.66. The Kier molecular flexibility index (Phi) is 5.26. The Morgan fingerprint density at radius 2 is 2.12 bits per heavy atom. The molecule has 16 heavy (non-hydrogen) atoms. The number of likely N-dealkylation sites (tertiary alicyclic amines) is 1. The minimum atomic E-state index is -0.0667. The van der Waals surface area contributed by atoms with Gasteiger partial charge in [0.1, 0.15) is 0 Å². The minimum absolute atomic E-state index is 0.0667. The van der Waals surface area contributed by atoms with Crippen LogP contribution in [0.4, 0.5) is 0 Å². The van der Waals surface area contributed by atoms with Gasteiger partial charge in [-0.3, -0.25) is 9.69 Å². The molecule has 0 aliphatic carbocycles. The van der Waals surface area contributed by atoms with E-state index >= 15 is 0 Å². The van der Waals surface area contributed by atoms with Gasteiger partial charge < -0.3 is 4.74 Å². The van der Waals surface area contributed by atoms with Crippen molar-refractivity contribution in [3.8, 4) is 0 Å². The van der Waals surface area contributed by atoms with Crippen molar-refractivity contribution in [3.63, 3.8) is 0 Å². The highest BCUT2D eigenvalue weighted by atomic mass is 16.5. The molecule has 3 nitrogen and oxygen atoms in total. The van der Waals surface area contributed by atoms with Gasteiger partial charge in [0, 0.05) is 12.6 Å². The first kappa shape index (κ1) is 13.5. The van der Waals surface area contributed by atoms with Gasteiger partial charge in [-0.15, -0.1) is 0 Å². The van der Waals surface area contributed by atoms with Crippen LogP contribution in [0.25, 0.3) is 0 Å². The summed E-state index contributed by atoms with van der Waals surface area (Å²) >= 11 is 0. The summed E-state index contributed by atoms with van der Waals surface area (Å²) in [6, 6.07) is 0.322. The molecule has 1 fully saturated rings. The van der Waals surface area contributed by atoms with Gasteiger partial charge in [-0.2, -0.15) is 0 Å². The molecule has 1 saturated heterocycles. The first-order valence-electron chi connectivity index (χ1n) is 6.44. The summed E-state index contributed by atoms with van der Waals surface area (Å²) in [5.41, 5.74) is 0. The second-order valence-corrected chi connectivity index (χ2v) is 5.15. The van der Waals surface area contributed by atoms with Gasteiger partial charge in [-0.1, -0.05) is 13.8 Å². The van der Waals surface area contributed by atoms with Crippen molar-refractivity contribution in [2.45, 2.75) is 46.6 Å². The minimum Gasteiger partial charge on any atom is -0.466 e. The lowest BCUT2D eigenvalue weighted by molar-refractivity contribution is -0.144. The van der Waals surface area contributed by atoms with E-state index in [0.29, 0.717) is 19.1 Å². The number of carbonyl (C=O) groups excluding carboxylic acids is 1. The molecule has 1 rings (SSSR count). The van der Waals surface area contributed by atoms with Crippen LogP contribution in [0, 0.1) is 11.8 Å². The van der Waals surface area contributed by atoms with Gasteiger partial charge in [0.15, 0.2) is 0 Å². The zero-order valence-corrected chi connectivity index (χ0v) is 11.0. The van der Waals surface area contributed by atoms with E-state index < -0.39 is 0 Å². The molecule has 0 N–H and O–H groups in total. The second kappa shape index (κ2) is 6.24. The van der Waals surface area contributed by atoms with Crippen molar-refractivity contribution in [1.29, 1.82) is 0 Å². The molecule has 1 heterocycles. The molecular formula is C13H25NO2. The third kappa shape index (κ3) is 3.78. The summed E-state index contributed by atoms with van der Waals surface area (Å²) in [7, 11) is 0. The summed E-state index contributed by atoms with van der Waals surface area (Å²) in [6.07, 6.45) is 1.80. The Hall–Kier alpha value is -0.570. The van der Waals surface area contributed by atoms with Crippen LogP contribution in [-0.4, -0.2) is 36.6 Å². The van der Waals surface area contributed by atoms with Crippen LogP contribution in [0.15, 0.2) is 0 Å². The van der Waals surface area contributed by atoms with Crippen molar-refractivity contribution in [2.24, 2.45) is 11.8 Å². The van der Waals surface area contributed by atoms with Crippen LogP contribution in [0.3, 0.4) is 0 Å². The fraction of sp³-hybridized carbons (Fsp3) is 0.923. The van der Waals surface area contributed by atoms with Crippen LogP contribution in [0.2, 0.25) is 0 Å². The predicted octanol–water partition coefficient (Wildman–Crippen LogP) is 2.31. The Morgan fingerprint density at radius 3 is 2.62 bits per heavy atom. The number of rotatable bonds is 5. The van der Waals surface area contributed by atoms with Crippen molar-refractivity contribution >= 4 is 5.97 Å². The molecule has 0 bridgehead atoms.